The Morgan fingerprint density at radius 2 is 2.18 bits per heavy atom. The molecule has 0 saturated carbocycles. The van der Waals surface area contributed by atoms with Gasteiger partial charge >= 0.3 is 0 Å². The Hall–Kier alpha value is -0.360. The van der Waals surface area contributed by atoms with Gasteiger partial charge in [-0.05, 0) is 17.8 Å². The van der Waals surface area contributed by atoms with Crippen molar-refractivity contribution in [2.24, 2.45) is 0 Å². The number of hydrogen-bond acceptors (Lipinski definition) is 3. The van der Waals surface area contributed by atoms with Crippen molar-refractivity contribution < 1.29 is 9.52 Å². The molecular formula is C9H9Cl3N2O2S. The molecule has 94 valence electrons. The Morgan fingerprint density at radius 3 is 2.65 bits per heavy atom. The first kappa shape index (κ1) is 14.7. The third-order valence-corrected chi connectivity index (χ3v) is 3.97. The number of aromatic nitrogens is 1. The van der Waals surface area contributed by atoms with Crippen molar-refractivity contribution in [1.29, 1.82) is 0 Å². The van der Waals surface area contributed by atoms with Crippen LogP contribution in [0.5, 0.6) is 0 Å². The van der Waals surface area contributed by atoms with Crippen LogP contribution in [0.1, 0.15) is 6.92 Å². The van der Waals surface area contributed by atoms with E-state index in [-0.39, 0.29) is 5.91 Å². The van der Waals surface area contributed by atoms with E-state index in [1.54, 1.807) is 18.2 Å². The number of hydrogen-bond donors (Lipinski definition) is 1. The fourth-order valence-electron chi connectivity index (χ4n) is 0.987. The van der Waals surface area contributed by atoms with Gasteiger partial charge in [0.2, 0.25) is 9.70 Å². The summed E-state index contributed by atoms with van der Waals surface area (Å²) in [7, 11) is 0. The minimum absolute atomic E-state index is 0.331. The standard InChI is InChI=1S/C9H9Cl3N2O2S/c1-6(15)13-8(9(10,11)12)17-7-4-2-3-5-14(7)16/h2-5,8H,1H3,(H,13,15). The highest BCUT2D eigenvalue weighted by molar-refractivity contribution is 8.00. The molecule has 1 heterocycles. The van der Waals surface area contributed by atoms with Crippen LogP contribution in [0.4, 0.5) is 0 Å². The number of carbonyl (C=O) groups is 1. The molecule has 0 fully saturated rings. The number of thioether (sulfide) groups is 1. The predicted octanol–water partition coefficient (Wildman–Crippen LogP) is 2.24. The lowest BCUT2D eigenvalue weighted by Gasteiger charge is -2.23. The van der Waals surface area contributed by atoms with Crippen molar-refractivity contribution >= 4 is 52.5 Å². The van der Waals surface area contributed by atoms with Crippen molar-refractivity contribution in [3.63, 3.8) is 0 Å². The maximum absolute atomic E-state index is 11.4. The number of carbonyl (C=O) groups excluding carboxylic acids is 1. The van der Waals surface area contributed by atoms with E-state index in [0.717, 1.165) is 11.8 Å². The molecule has 1 unspecified atom stereocenters. The van der Waals surface area contributed by atoms with Gasteiger partial charge in [0.05, 0.1) is 0 Å². The number of alkyl halides is 3. The average molecular weight is 316 g/mol. The lowest BCUT2D eigenvalue weighted by molar-refractivity contribution is -0.645. The normalized spacial score (nSPS) is 13.2. The molecule has 0 aliphatic carbocycles. The Morgan fingerprint density at radius 1 is 1.53 bits per heavy atom. The van der Waals surface area contributed by atoms with Crippen LogP contribution in [-0.2, 0) is 4.79 Å². The molecule has 17 heavy (non-hydrogen) atoms. The number of amides is 1. The Bertz CT molecular complexity index is 411. The highest BCUT2D eigenvalue weighted by Gasteiger charge is 2.36. The van der Waals surface area contributed by atoms with E-state index in [4.69, 9.17) is 34.8 Å². The number of nitrogens with one attached hydrogen (secondary N) is 1. The molecular weight excluding hydrogens is 307 g/mol. The average Bonchev–Trinajstić information content (AvgIpc) is 2.18. The Kier molecular flexibility index (Phi) is 5.19. The van der Waals surface area contributed by atoms with E-state index in [9.17, 15) is 10.0 Å². The van der Waals surface area contributed by atoms with E-state index in [0.29, 0.717) is 9.76 Å². The molecule has 1 atom stereocenters. The highest BCUT2D eigenvalue weighted by atomic mass is 35.6. The molecule has 0 bridgehead atoms. The molecule has 1 aromatic rings. The molecule has 8 heteroatoms. The summed E-state index contributed by atoms with van der Waals surface area (Å²) in [5.74, 6) is -0.345. The summed E-state index contributed by atoms with van der Waals surface area (Å²) in [6.45, 7) is 1.31. The Balaban J connectivity index is 2.87. The summed E-state index contributed by atoms with van der Waals surface area (Å²) in [5, 5.41) is 13.4. The molecule has 0 saturated heterocycles. The van der Waals surface area contributed by atoms with E-state index in [1.165, 1.54) is 13.1 Å². The second-order valence-electron chi connectivity index (χ2n) is 3.10. The first-order chi connectivity index (χ1) is 7.80. The summed E-state index contributed by atoms with van der Waals surface area (Å²) in [5.41, 5.74) is 0. The van der Waals surface area contributed by atoms with Gasteiger partial charge in [-0.15, -0.1) is 0 Å². The number of halogens is 3. The van der Waals surface area contributed by atoms with E-state index < -0.39 is 9.17 Å². The first-order valence-corrected chi connectivity index (χ1v) is 6.50. The molecule has 1 N–H and O–H groups in total. The van der Waals surface area contributed by atoms with Crippen LogP contribution in [0, 0.1) is 5.21 Å². The summed E-state index contributed by atoms with van der Waals surface area (Å²) >= 11 is 18.2. The van der Waals surface area contributed by atoms with Gasteiger partial charge in [0, 0.05) is 19.1 Å². The van der Waals surface area contributed by atoms with Crippen molar-refractivity contribution in [3.05, 3.63) is 29.6 Å². The van der Waals surface area contributed by atoms with E-state index >= 15 is 0 Å². The van der Waals surface area contributed by atoms with Crippen LogP contribution in [0.25, 0.3) is 0 Å². The van der Waals surface area contributed by atoms with Crippen LogP contribution in [0.2, 0.25) is 0 Å². The lowest BCUT2D eigenvalue weighted by atomic mass is 10.5. The fourth-order valence-corrected chi connectivity index (χ4v) is 2.47. The predicted molar refractivity (Wildman–Crippen MR) is 69.2 cm³/mol. The Labute approximate surface area is 118 Å². The minimum atomic E-state index is -1.71. The number of pyridine rings is 1. The van der Waals surface area contributed by atoms with Gasteiger partial charge in [0.25, 0.3) is 5.03 Å². The zero-order valence-corrected chi connectivity index (χ0v) is 11.8. The van der Waals surface area contributed by atoms with Gasteiger partial charge in [0.1, 0.15) is 5.37 Å². The smallest absolute Gasteiger partial charge is 0.253 e. The largest absolute Gasteiger partial charge is 0.618 e. The zero-order chi connectivity index (χ0) is 13.1. The topological polar surface area (TPSA) is 56.0 Å². The van der Waals surface area contributed by atoms with Crippen LogP contribution in [0.15, 0.2) is 29.4 Å². The molecule has 0 aromatic carbocycles. The van der Waals surface area contributed by atoms with Gasteiger partial charge in [-0.3, -0.25) is 4.79 Å². The second kappa shape index (κ2) is 6.00. The summed E-state index contributed by atoms with van der Waals surface area (Å²) in [4.78, 5) is 11.0. The molecule has 0 aliphatic heterocycles. The van der Waals surface area contributed by atoms with E-state index in [2.05, 4.69) is 5.32 Å². The zero-order valence-electron chi connectivity index (χ0n) is 8.69. The van der Waals surface area contributed by atoms with Crippen LogP contribution >= 0.6 is 46.6 Å². The molecule has 1 aromatic heterocycles. The van der Waals surface area contributed by atoms with Crippen molar-refractivity contribution in [2.45, 2.75) is 21.1 Å². The van der Waals surface area contributed by atoms with Crippen LogP contribution in [0.3, 0.4) is 0 Å². The molecule has 1 rings (SSSR count). The third kappa shape index (κ3) is 4.79. The molecule has 0 aliphatic rings. The number of nitrogens with zero attached hydrogens (tertiary/aromatic N) is 1. The van der Waals surface area contributed by atoms with Crippen molar-refractivity contribution in [2.75, 3.05) is 0 Å². The van der Waals surface area contributed by atoms with Gasteiger partial charge in [-0.1, -0.05) is 34.8 Å². The lowest BCUT2D eigenvalue weighted by Crippen LogP contribution is -2.41. The summed E-state index contributed by atoms with van der Waals surface area (Å²) in [6.07, 6.45) is 1.32. The summed E-state index contributed by atoms with van der Waals surface area (Å²) in [6, 6.07) is 4.84. The van der Waals surface area contributed by atoms with Gasteiger partial charge in [0.15, 0.2) is 6.20 Å². The van der Waals surface area contributed by atoms with E-state index in [1.807, 2.05) is 0 Å². The summed E-state index contributed by atoms with van der Waals surface area (Å²) < 4.78 is -1.07. The van der Waals surface area contributed by atoms with Crippen LogP contribution < -0.4 is 10.0 Å². The second-order valence-corrected chi connectivity index (χ2v) is 6.60. The van der Waals surface area contributed by atoms with Crippen molar-refractivity contribution in [1.82, 2.24) is 5.32 Å². The first-order valence-electron chi connectivity index (χ1n) is 4.49. The van der Waals surface area contributed by atoms with Gasteiger partial charge in [-0.25, -0.2) is 0 Å². The maximum atomic E-state index is 11.4. The molecule has 0 radical (unpaired) electrons. The molecule has 0 spiro atoms. The SMILES string of the molecule is CC(=O)NC(Sc1cccc[n+]1[O-])C(Cl)(Cl)Cl. The van der Waals surface area contributed by atoms with Gasteiger partial charge in [-0.2, -0.15) is 4.73 Å². The van der Waals surface area contributed by atoms with Crippen molar-refractivity contribution in [3.8, 4) is 0 Å². The maximum Gasteiger partial charge on any atom is 0.253 e. The monoisotopic (exact) mass is 314 g/mol. The van der Waals surface area contributed by atoms with Crippen LogP contribution in [-0.4, -0.2) is 15.1 Å². The van der Waals surface area contributed by atoms with Gasteiger partial charge < -0.3 is 10.5 Å². The minimum Gasteiger partial charge on any atom is -0.618 e. The highest BCUT2D eigenvalue weighted by Crippen LogP contribution is 2.38. The third-order valence-electron chi connectivity index (χ3n) is 1.66. The molecule has 1 amide bonds. The number of rotatable bonds is 3. The molecule has 4 nitrogen and oxygen atoms in total. The fraction of sp³-hybridized carbons (Fsp3) is 0.333. The quantitative estimate of drug-likeness (QED) is 0.306.